The highest BCUT2D eigenvalue weighted by atomic mass is 35.5. The largest absolute Gasteiger partial charge is 0.508 e. The smallest absolute Gasteiger partial charge is 0.248 e. The number of hydrogen-bond donors (Lipinski definition) is 19. The number of phenolic OH excluding ortho intramolecular Hbond substituents is 3. The average Bonchev–Trinajstić information content (AvgIpc) is 0.761. The highest BCUT2D eigenvalue weighted by molar-refractivity contribution is 6.42. The number of halogens is 4. The lowest BCUT2D eigenvalue weighted by Gasteiger charge is -2.44. The molecular formula is C83H93Cl4N11O23. The molecule has 8 unspecified atom stereocenters. The summed E-state index contributed by atoms with van der Waals surface area (Å²) in [7, 11) is 1.49. The molecule has 7 aromatic rings. The number of phenols is 3. The number of rotatable bonds is 23. The molecule has 0 radical (unpaired) electrons. The normalized spacial score (nSPS) is 25.2. The van der Waals surface area contributed by atoms with Gasteiger partial charge in [0.15, 0.2) is 23.9 Å². The summed E-state index contributed by atoms with van der Waals surface area (Å²) in [6, 6.07) is 13.4. The van der Waals surface area contributed by atoms with Gasteiger partial charge in [0.1, 0.15) is 108 Å². The highest BCUT2D eigenvalue weighted by Crippen LogP contribution is 2.50. The van der Waals surface area contributed by atoms with Crippen LogP contribution in [0.2, 0.25) is 20.1 Å². The molecule has 21 N–H and O–H groups in total. The Balaban J connectivity index is 0.960. The van der Waals surface area contributed by atoms with Crippen LogP contribution in [0, 0.1) is 5.92 Å². The Labute approximate surface area is 713 Å². The van der Waals surface area contributed by atoms with E-state index in [1.807, 2.05) is 44.2 Å². The van der Waals surface area contributed by atoms with Crippen LogP contribution >= 0.6 is 46.4 Å². The van der Waals surface area contributed by atoms with E-state index in [4.69, 9.17) is 91.0 Å². The van der Waals surface area contributed by atoms with Crippen LogP contribution in [0.4, 0.5) is 0 Å². The van der Waals surface area contributed by atoms with Gasteiger partial charge in [-0.15, -0.1) is 0 Å². The predicted octanol–water partition coefficient (Wildman–Crippen LogP) is 5.23. The fourth-order valence-electron chi connectivity index (χ4n) is 14.6. The zero-order chi connectivity index (χ0) is 86.9. The van der Waals surface area contributed by atoms with E-state index in [-0.39, 0.29) is 87.7 Å². The number of aromatic hydroxyl groups is 3. The maximum atomic E-state index is 16.3. The second-order valence-corrected chi connectivity index (χ2v) is 31.9. The summed E-state index contributed by atoms with van der Waals surface area (Å²) < 4.78 is 44.8. The molecule has 17 atom stereocenters. The number of carbonyl (C=O) groups is 8. The van der Waals surface area contributed by atoms with Crippen LogP contribution in [-0.4, -0.2) is 188 Å². The molecule has 2 fully saturated rings. The minimum Gasteiger partial charge on any atom is -0.508 e. The zero-order valence-electron chi connectivity index (χ0n) is 65.6. The molecule has 8 amide bonds. The number of fused-ring (bicyclic) bond motifs is 15. The first-order valence-corrected chi connectivity index (χ1v) is 40.4. The molecule has 7 aromatic carbocycles. The summed E-state index contributed by atoms with van der Waals surface area (Å²) in [5.41, 5.74) is 11.5. The molecule has 11 bridgehead atoms. The van der Waals surface area contributed by atoms with Gasteiger partial charge >= 0.3 is 0 Å². The van der Waals surface area contributed by atoms with Gasteiger partial charge in [-0.1, -0.05) is 96.6 Å². The van der Waals surface area contributed by atoms with E-state index in [9.17, 15) is 60.0 Å². The van der Waals surface area contributed by atoms with Crippen molar-refractivity contribution in [2.75, 3.05) is 26.7 Å². The van der Waals surface area contributed by atoms with Crippen LogP contribution in [0.15, 0.2) is 121 Å². The summed E-state index contributed by atoms with van der Waals surface area (Å²) in [6.45, 7) is 5.96. The van der Waals surface area contributed by atoms with Crippen molar-refractivity contribution in [2.24, 2.45) is 17.4 Å². The van der Waals surface area contributed by atoms with E-state index >= 15 is 19.2 Å². The number of amides is 8. The van der Waals surface area contributed by atoms with E-state index in [0.717, 1.165) is 65.7 Å². The standard InChI is InChI=1S/C83H93Cl4N11O23/c1-36(2)23-52(90-4)76(108)97-68-70(104)41-11-18-57(50(86)26-41)117-59-28-43-29-60(74(59)121-83-75(73(107)72(106)61(33-88)119-83)120-63-20-17-54(100)37(3)116-63)118-58-19-12-42(27-51(58)87)71(105)69-82(114)96-67(78(110)92-22-6-5-21-91-34-38-7-13-45(14-8-38)115-35-39-9-15-48(84)49(85)24-39)47-30-44(99)31-56(102)64(47)46-25-40(10-16-55(46)101)65(79(111)98-69)95-80(112)66(43)94-77(109)53(32-62(89)103)93-81(68)113/h7-16,18-19,24-31,36-37,52-54,61,63,65-73,75,83,90-91,99-102,104-107H,5-6,17,20-23,32-35,88H2,1-4H3,(H2,89,103)(H,92,110)(H,93,113)(H,94,109)(H,95,112)(H,96,114)(H,97,108)(H,98,111)/t37?,52-,53+,54?,61?,63?,65-,66-,67-,68-,69+,70-,71-,72?,73?,75?,83?/m1/s1. The second kappa shape index (κ2) is 39.6. The third-order valence-corrected chi connectivity index (χ3v) is 22.4. The summed E-state index contributed by atoms with van der Waals surface area (Å²) >= 11 is 26.6. The van der Waals surface area contributed by atoms with E-state index in [1.54, 1.807) is 19.1 Å². The molecular weight excluding hydrogens is 1660 g/mol. The third kappa shape index (κ3) is 21.4. The van der Waals surface area contributed by atoms with Crippen molar-refractivity contribution in [1.29, 1.82) is 0 Å². The summed E-state index contributed by atoms with van der Waals surface area (Å²) in [6.07, 6.45) is -15.7. The van der Waals surface area contributed by atoms with Crippen LogP contribution in [0.5, 0.6) is 51.7 Å². The molecule has 0 saturated carbocycles. The van der Waals surface area contributed by atoms with E-state index < -0.39 is 210 Å². The Kier molecular flexibility index (Phi) is 29.4. The predicted molar refractivity (Wildman–Crippen MR) is 437 cm³/mol. The maximum absolute atomic E-state index is 16.3. The lowest BCUT2D eigenvalue weighted by molar-refractivity contribution is -0.325. The number of carbonyl (C=O) groups excluding carboxylic acids is 8. The van der Waals surface area contributed by atoms with Gasteiger partial charge in [-0.05, 0) is 170 Å². The Morgan fingerprint density at radius 3 is 1.92 bits per heavy atom. The topological polar surface area (TPSA) is 523 Å². The number of aliphatic hydroxyl groups is 5. The van der Waals surface area contributed by atoms with Crippen molar-refractivity contribution in [3.63, 3.8) is 0 Å². The Morgan fingerprint density at radius 2 is 1.27 bits per heavy atom. The minimum atomic E-state index is -2.32. The fraction of sp³-hybridized carbons (Fsp3) is 0.398. The highest BCUT2D eigenvalue weighted by Gasteiger charge is 2.50. The summed E-state index contributed by atoms with van der Waals surface area (Å²) in [5.74, 6) is -13.7. The first kappa shape index (κ1) is 89.9. The van der Waals surface area contributed by atoms with Gasteiger partial charge in [0.25, 0.3) is 0 Å². The number of likely N-dealkylation sites (N-methyl/N-ethyl adjacent to an activating group) is 1. The van der Waals surface area contributed by atoms with Crippen molar-refractivity contribution < 1.29 is 112 Å². The first-order chi connectivity index (χ1) is 57.7. The minimum absolute atomic E-state index is 0.0290. The molecule has 7 aliphatic rings. The van der Waals surface area contributed by atoms with Crippen molar-refractivity contribution in [3.05, 3.63) is 180 Å². The maximum Gasteiger partial charge on any atom is 0.248 e. The first-order valence-electron chi connectivity index (χ1n) is 38.9. The third-order valence-electron chi connectivity index (χ3n) is 21.1. The fourth-order valence-corrected chi connectivity index (χ4v) is 15.3. The number of nitrogens with two attached hydrogens (primary N) is 2. The van der Waals surface area contributed by atoms with Gasteiger partial charge < -0.3 is 133 Å². The zero-order valence-corrected chi connectivity index (χ0v) is 68.6. The lowest BCUT2D eigenvalue weighted by atomic mass is 9.89. The van der Waals surface area contributed by atoms with E-state index in [2.05, 4.69) is 47.9 Å². The molecule has 646 valence electrons. The van der Waals surface area contributed by atoms with Crippen molar-refractivity contribution in [1.82, 2.24) is 47.9 Å². The van der Waals surface area contributed by atoms with Crippen LogP contribution < -0.4 is 78.3 Å². The number of benzene rings is 7. The van der Waals surface area contributed by atoms with Gasteiger partial charge in [0.05, 0.1) is 44.8 Å². The van der Waals surface area contributed by atoms with Gasteiger partial charge in [-0.3, -0.25) is 38.4 Å². The summed E-state index contributed by atoms with van der Waals surface area (Å²) in [5, 5.41) is 119. The molecule has 38 heteroatoms. The van der Waals surface area contributed by atoms with E-state index in [0.29, 0.717) is 41.7 Å². The Bertz CT molecular complexity index is 5020. The molecule has 0 aromatic heterocycles. The Hall–Kier alpha value is -10.4. The number of ether oxygens (including phenoxy) is 7. The van der Waals surface area contributed by atoms with Crippen LogP contribution in [0.25, 0.3) is 11.1 Å². The molecule has 0 spiro atoms. The number of nitrogens with one attached hydrogen (secondary N) is 9. The van der Waals surface area contributed by atoms with Gasteiger partial charge in [-0.25, -0.2) is 0 Å². The Morgan fingerprint density at radius 1 is 0.628 bits per heavy atom. The average molecular weight is 1750 g/mol. The number of unbranched alkanes of at least 4 members (excludes halogenated alkanes) is 1. The second-order valence-electron chi connectivity index (χ2n) is 30.3. The van der Waals surface area contributed by atoms with Gasteiger partial charge in [0.2, 0.25) is 59.3 Å². The molecule has 121 heavy (non-hydrogen) atoms. The van der Waals surface area contributed by atoms with Crippen molar-refractivity contribution in [3.8, 4) is 62.9 Å². The number of hydrogen-bond acceptors (Lipinski definition) is 26. The van der Waals surface area contributed by atoms with Crippen molar-refractivity contribution >= 4 is 93.7 Å². The molecule has 7 aliphatic heterocycles. The van der Waals surface area contributed by atoms with Crippen molar-refractivity contribution in [2.45, 2.75) is 176 Å². The number of aliphatic hydroxyl groups excluding tert-OH is 5. The van der Waals surface area contributed by atoms with E-state index in [1.165, 1.54) is 31.3 Å². The molecule has 2 saturated heterocycles. The van der Waals surface area contributed by atoms with Crippen LogP contribution in [0.3, 0.4) is 0 Å². The van der Waals surface area contributed by atoms with Gasteiger partial charge in [0, 0.05) is 43.2 Å². The molecule has 14 rings (SSSR count). The lowest BCUT2D eigenvalue weighted by Crippen LogP contribution is -2.62. The molecule has 0 aliphatic carbocycles. The van der Waals surface area contributed by atoms with Crippen LogP contribution in [-0.2, 0) is 65.7 Å². The quantitative estimate of drug-likeness (QED) is 0.0364. The molecule has 7 heterocycles. The monoisotopic (exact) mass is 1750 g/mol. The SMILES string of the molecule is CN[C@H](CC(C)C)C(=O)N[C@H]1C(=O)N[C@@H](CC(N)=O)C(=O)N[C@H]2C(=O)N[C@H]3C(=O)N[C@H](C(=O)N[C@@H](C(=O)NCCCCNCc4ccc(OCc5ccc(Cl)c(Cl)c5)cc4)c4cc(O)cc(O)c4-c4cc3ccc4O)[C@H](O)c3ccc(c(Cl)c3)Oc3cc2cc(c3OC2OC(CN)C(O)C(O)C2OC2CCC(O)C(C)O2)Oc2ccc(cc2Cl)[C@H]1O. The summed E-state index contributed by atoms with van der Waals surface area (Å²) in [4.78, 5) is 121. The van der Waals surface area contributed by atoms with Crippen LogP contribution in [0.1, 0.15) is 129 Å². The van der Waals surface area contributed by atoms with Gasteiger partial charge in [-0.2, -0.15) is 0 Å². The molecule has 34 nitrogen and oxygen atoms in total. The number of primary amides is 1.